The minimum absolute atomic E-state index is 0.258. The lowest BCUT2D eigenvalue weighted by Gasteiger charge is -2.17. The van der Waals surface area contributed by atoms with Crippen molar-refractivity contribution >= 4 is 5.82 Å². The molecule has 0 radical (unpaired) electrons. The molecule has 0 aliphatic carbocycles. The van der Waals surface area contributed by atoms with Gasteiger partial charge in [0.1, 0.15) is 11.6 Å². The molecule has 1 aromatic heterocycles. The van der Waals surface area contributed by atoms with Gasteiger partial charge in [0.25, 0.3) is 0 Å². The van der Waals surface area contributed by atoms with Crippen LogP contribution >= 0.6 is 0 Å². The van der Waals surface area contributed by atoms with Crippen molar-refractivity contribution in [1.82, 2.24) is 9.97 Å². The summed E-state index contributed by atoms with van der Waals surface area (Å²) in [5.74, 6) is 2.42. The minimum Gasteiger partial charge on any atom is -0.496 e. The van der Waals surface area contributed by atoms with E-state index < -0.39 is 0 Å². The van der Waals surface area contributed by atoms with Crippen molar-refractivity contribution in [3.63, 3.8) is 0 Å². The van der Waals surface area contributed by atoms with E-state index in [-0.39, 0.29) is 6.10 Å². The number of aliphatic hydroxyl groups excluding tert-OH is 1. The highest BCUT2D eigenvalue weighted by Crippen LogP contribution is 2.25. The van der Waals surface area contributed by atoms with Gasteiger partial charge in [-0.1, -0.05) is 0 Å². The number of anilines is 1. The number of aliphatic hydroxyl groups is 1. The number of aryl methyl sites for hydroxylation is 1. The maximum absolute atomic E-state index is 9.64. The van der Waals surface area contributed by atoms with Crippen LogP contribution in [-0.2, 0) is 0 Å². The highest BCUT2D eigenvalue weighted by Gasteiger charge is 2.21. The summed E-state index contributed by atoms with van der Waals surface area (Å²) in [4.78, 5) is 11.1. The Kier molecular flexibility index (Phi) is 3.75. The van der Waals surface area contributed by atoms with Gasteiger partial charge >= 0.3 is 0 Å². The third-order valence-corrected chi connectivity index (χ3v) is 3.78. The quantitative estimate of drug-likeness (QED) is 0.935. The van der Waals surface area contributed by atoms with Crippen molar-refractivity contribution in [2.45, 2.75) is 19.4 Å². The van der Waals surface area contributed by atoms with E-state index in [4.69, 9.17) is 4.74 Å². The molecule has 1 aromatic carbocycles. The predicted octanol–water partition coefficient (Wildman–Crippen LogP) is 2.03. The summed E-state index contributed by atoms with van der Waals surface area (Å²) in [6.07, 6.45) is 2.30. The number of β-amino-alcohol motifs (C(OH)–C–C–N with tert-alkyl or cyclic N) is 1. The van der Waals surface area contributed by atoms with Crippen LogP contribution in [0.5, 0.6) is 5.75 Å². The first-order chi connectivity index (χ1) is 10.2. The molecule has 110 valence electrons. The Labute approximate surface area is 124 Å². The van der Waals surface area contributed by atoms with Gasteiger partial charge in [-0.05, 0) is 43.2 Å². The summed E-state index contributed by atoms with van der Waals surface area (Å²) in [7, 11) is 1.66. The second-order valence-electron chi connectivity index (χ2n) is 5.31. The molecule has 0 saturated carbocycles. The van der Waals surface area contributed by atoms with E-state index in [1.54, 1.807) is 13.3 Å². The van der Waals surface area contributed by atoms with E-state index in [1.807, 2.05) is 31.2 Å². The van der Waals surface area contributed by atoms with Gasteiger partial charge in [0.15, 0.2) is 5.82 Å². The molecule has 0 amide bonds. The normalized spacial score (nSPS) is 18.0. The molecule has 1 aliphatic rings. The summed E-state index contributed by atoms with van der Waals surface area (Å²) in [5, 5.41) is 9.64. The van der Waals surface area contributed by atoms with E-state index in [2.05, 4.69) is 14.9 Å². The molecule has 1 aliphatic heterocycles. The molecule has 21 heavy (non-hydrogen) atoms. The first kappa shape index (κ1) is 13.8. The lowest BCUT2D eigenvalue weighted by atomic mass is 10.1. The zero-order valence-electron chi connectivity index (χ0n) is 12.3. The number of hydrogen-bond acceptors (Lipinski definition) is 5. The van der Waals surface area contributed by atoms with Crippen molar-refractivity contribution in [3.8, 4) is 17.1 Å². The van der Waals surface area contributed by atoms with E-state index in [1.165, 1.54) is 0 Å². The molecule has 0 spiro atoms. The SMILES string of the molecule is COc1ccc(-c2nccc(N3CC[C@H](O)C3)n2)cc1C. The summed E-state index contributed by atoms with van der Waals surface area (Å²) >= 11 is 0. The van der Waals surface area contributed by atoms with E-state index in [9.17, 15) is 5.11 Å². The number of benzene rings is 1. The smallest absolute Gasteiger partial charge is 0.161 e. The summed E-state index contributed by atoms with van der Waals surface area (Å²) in [5.41, 5.74) is 2.02. The third-order valence-electron chi connectivity index (χ3n) is 3.78. The summed E-state index contributed by atoms with van der Waals surface area (Å²) in [6.45, 7) is 3.47. The fourth-order valence-electron chi connectivity index (χ4n) is 2.63. The van der Waals surface area contributed by atoms with Gasteiger partial charge in [-0.2, -0.15) is 0 Å². The average Bonchev–Trinajstić information content (AvgIpc) is 2.94. The standard InChI is InChI=1S/C16H19N3O2/c1-11-9-12(3-4-14(11)21-2)16-17-7-5-15(18-16)19-8-6-13(20)10-19/h3-5,7,9,13,20H,6,8,10H2,1-2H3/t13-/m0/s1. The molecule has 1 saturated heterocycles. The van der Waals surface area contributed by atoms with Gasteiger partial charge in [0.05, 0.1) is 13.2 Å². The fraction of sp³-hybridized carbons (Fsp3) is 0.375. The number of nitrogens with zero attached hydrogens (tertiary/aromatic N) is 3. The molecule has 1 atom stereocenters. The molecule has 2 aromatic rings. The Balaban J connectivity index is 1.90. The molecule has 5 nitrogen and oxygen atoms in total. The Bertz CT molecular complexity index is 645. The molecule has 1 N–H and O–H groups in total. The summed E-state index contributed by atoms with van der Waals surface area (Å²) < 4.78 is 5.28. The highest BCUT2D eigenvalue weighted by molar-refractivity contribution is 5.60. The van der Waals surface area contributed by atoms with E-state index in [0.29, 0.717) is 12.4 Å². The first-order valence-electron chi connectivity index (χ1n) is 7.08. The molecular weight excluding hydrogens is 266 g/mol. The van der Waals surface area contributed by atoms with Crippen molar-refractivity contribution < 1.29 is 9.84 Å². The monoisotopic (exact) mass is 285 g/mol. The largest absolute Gasteiger partial charge is 0.496 e. The molecule has 0 bridgehead atoms. The Morgan fingerprint density at radius 1 is 1.33 bits per heavy atom. The molecular formula is C16H19N3O2. The topological polar surface area (TPSA) is 58.5 Å². The van der Waals surface area contributed by atoms with E-state index >= 15 is 0 Å². The van der Waals surface area contributed by atoms with Crippen LogP contribution < -0.4 is 9.64 Å². The molecule has 0 unspecified atom stereocenters. The van der Waals surface area contributed by atoms with Crippen LogP contribution in [0.1, 0.15) is 12.0 Å². The van der Waals surface area contributed by atoms with Crippen LogP contribution in [-0.4, -0.2) is 41.4 Å². The van der Waals surface area contributed by atoms with Crippen LogP contribution in [0.3, 0.4) is 0 Å². The number of hydrogen-bond donors (Lipinski definition) is 1. The van der Waals surface area contributed by atoms with Crippen LogP contribution in [0.15, 0.2) is 30.5 Å². The Morgan fingerprint density at radius 3 is 2.86 bits per heavy atom. The second-order valence-corrected chi connectivity index (χ2v) is 5.31. The van der Waals surface area contributed by atoms with Crippen LogP contribution in [0, 0.1) is 6.92 Å². The number of rotatable bonds is 3. The number of ether oxygens (including phenoxy) is 1. The molecule has 5 heteroatoms. The van der Waals surface area contributed by atoms with Gasteiger partial charge < -0.3 is 14.7 Å². The van der Waals surface area contributed by atoms with Crippen molar-refractivity contribution in [2.75, 3.05) is 25.1 Å². The molecule has 2 heterocycles. The number of aromatic nitrogens is 2. The van der Waals surface area contributed by atoms with Crippen molar-refractivity contribution in [3.05, 3.63) is 36.0 Å². The van der Waals surface area contributed by atoms with Crippen LogP contribution in [0.25, 0.3) is 11.4 Å². The third kappa shape index (κ3) is 2.83. The predicted molar refractivity (Wildman–Crippen MR) is 81.6 cm³/mol. The van der Waals surface area contributed by atoms with Gasteiger partial charge in [-0.25, -0.2) is 9.97 Å². The zero-order chi connectivity index (χ0) is 14.8. The maximum atomic E-state index is 9.64. The van der Waals surface area contributed by atoms with E-state index in [0.717, 1.165) is 35.7 Å². The molecule has 3 rings (SSSR count). The maximum Gasteiger partial charge on any atom is 0.161 e. The van der Waals surface area contributed by atoms with Crippen LogP contribution in [0.4, 0.5) is 5.82 Å². The van der Waals surface area contributed by atoms with Crippen molar-refractivity contribution in [1.29, 1.82) is 0 Å². The average molecular weight is 285 g/mol. The van der Waals surface area contributed by atoms with Gasteiger partial charge in [0, 0.05) is 24.8 Å². The summed E-state index contributed by atoms with van der Waals surface area (Å²) in [6, 6.07) is 7.80. The van der Waals surface area contributed by atoms with Crippen LogP contribution in [0.2, 0.25) is 0 Å². The number of methoxy groups -OCH3 is 1. The Morgan fingerprint density at radius 2 is 2.19 bits per heavy atom. The highest BCUT2D eigenvalue weighted by atomic mass is 16.5. The fourth-order valence-corrected chi connectivity index (χ4v) is 2.63. The van der Waals surface area contributed by atoms with Gasteiger partial charge in [-0.3, -0.25) is 0 Å². The first-order valence-corrected chi connectivity index (χ1v) is 7.08. The second kappa shape index (κ2) is 5.69. The lowest BCUT2D eigenvalue weighted by Crippen LogP contribution is -2.22. The Hall–Kier alpha value is -2.14. The minimum atomic E-state index is -0.258. The zero-order valence-corrected chi connectivity index (χ0v) is 12.3. The molecule has 1 fully saturated rings. The lowest BCUT2D eigenvalue weighted by molar-refractivity contribution is 0.198. The van der Waals surface area contributed by atoms with Gasteiger partial charge in [0.2, 0.25) is 0 Å². The van der Waals surface area contributed by atoms with Gasteiger partial charge in [-0.15, -0.1) is 0 Å². The van der Waals surface area contributed by atoms with Crippen molar-refractivity contribution in [2.24, 2.45) is 0 Å².